The van der Waals surface area contributed by atoms with Crippen LogP contribution in [0.1, 0.15) is 31.7 Å². The first-order chi connectivity index (χ1) is 8.38. The van der Waals surface area contributed by atoms with Crippen molar-refractivity contribution >= 4 is 5.84 Å². The third kappa shape index (κ3) is 4.87. The molecule has 0 fully saturated rings. The first kappa shape index (κ1) is 14.7. The van der Waals surface area contributed by atoms with Crippen molar-refractivity contribution in [2.75, 3.05) is 13.1 Å². The first-order valence-corrected chi connectivity index (χ1v) is 6.43. The molecule has 1 rings (SSSR count). The van der Waals surface area contributed by atoms with Crippen LogP contribution in [0.4, 0.5) is 0 Å². The lowest BCUT2D eigenvalue weighted by molar-refractivity contribution is 0.236. The molecular weight excluding hydrogens is 226 g/mol. The van der Waals surface area contributed by atoms with Gasteiger partial charge in [0.15, 0.2) is 0 Å². The molecule has 3 N–H and O–H groups in total. The van der Waals surface area contributed by atoms with Gasteiger partial charge in [-0.25, -0.2) is 0 Å². The van der Waals surface area contributed by atoms with Gasteiger partial charge in [-0.15, -0.1) is 0 Å². The minimum atomic E-state index is 0.255. The van der Waals surface area contributed by atoms with Crippen LogP contribution < -0.4 is 5.73 Å². The van der Waals surface area contributed by atoms with E-state index in [0.717, 1.165) is 25.3 Å². The highest BCUT2D eigenvalue weighted by atomic mass is 15.3. The van der Waals surface area contributed by atoms with Gasteiger partial charge in [-0.2, -0.15) is 5.10 Å². The average molecular weight is 251 g/mol. The second kappa shape index (κ2) is 6.54. The molecule has 18 heavy (non-hydrogen) atoms. The Balaban J connectivity index is 2.65. The highest BCUT2D eigenvalue weighted by molar-refractivity contribution is 5.76. The third-order valence-corrected chi connectivity index (χ3v) is 2.81. The topological polar surface area (TPSA) is 70.9 Å². The van der Waals surface area contributed by atoms with Crippen LogP contribution in [0.2, 0.25) is 0 Å². The van der Waals surface area contributed by atoms with Crippen LogP contribution >= 0.6 is 0 Å². The van der Waals surface area contributed by atoms with Crippen molar-refractivity contribution in [3.8, 4) is 0 Å². The van der Waals surface area contributed by atoms with E-state index < -0.39 is 0 Å². The number of nitrogens with one attached hydrogen (secondary N) is 1. The van der Waals surface area contributed by atoms with Crippen LogP contribution in [0.3, 0.4) is 0 Å². The SMILES string of the molecule is Cc1cc(CN(CCC(=N)N)CC(C)C)n(C)n1. The van der Waals surface area contributed by atoms with Gasteiger partial charge in [0.2, 0.25) is 0 Å². The molecule has 0 aromatic carbocycles. The molecule has 0 unspecified atom stereocenters. The summed E-state index contributed by atoms with van der Waals surface area (Å²) in [6, 6.07) is 2.11. The molecule has 0 amide bonds. The largest absolute Gasteiger partial charge is 0.388 e. The Labute approximate surface area is 109 Å². The highest BCUT2D eigenvalue weighted by Gasteiger charge is 2.11. The summed E-state index contributed by atoms with van der Waals surface area (Å²) in [5.41, 5.74) is 7.69. The molecule has 1 heterocycles. The van der Waals surface area contributed by atoms with Gasteiger partial charge in [-0.05, 0) is 18.9 Å². The minimum Gasteiger partial charge on any atom is -0.388 e. The number of hydrogen-bond acceptors (Lipinski definition) is 3. The van der Waals surface area contributed by atoms with Gasteiger partial charge in [0.05, 0.1) is 17.2 Å². The lowest BCUT2D eigenvalue weighted by Gasteiger charge is -2.24. The zero-order valence-corrected chi connectivity index (χ0v) is 11.9. The molecule has 5 nitrogen and oxygen atoms in total. The summed E-state index contributed by atoms with van der Waals surface area (Å²) >= 11 is 0. The summed E-state index contributed by atoms with van der Waals surface area (Å²) in [6.07, 6.45) is 0.629. The Hall–Kier alpha value is -1.36. The molecule has 0 aliphatic carbocycles. The fraction of sp³-hybridized carbons (Fsp3) is 0.692. The van der Waals surface area contributed by atoms with Crippen LogP contribution in [-0.4, -0.2) is 33.6 Å². The van der Waals surface area contributed by atoms with Crippen molar-refractivity contribution in [2.45, 2.75) is 33.7 Å². The van der Waals surface area contributed by atoms with Crippen molar-refractivity contribution in [2.24, 2.45) is 18.7 Å². The van der Waals surface area contributed by atoms with E-state index in [1.165, 1.54) is 5.69 Å². The lowest BCUT2D eigenvalue weighted by atomic mass is 10.2. The van der Waals surface area contributed by atoms with E-state index in [4.69, 9.17) is 11.1 Å². The number of rotatable bonds is 7. The summed E-state index contributed by atoms with van der Waals surface area (Å²) in [5, 5.41) is 11.7. The van der Waals surface area contributed by atoms with Gasteiger partial charge >= 0.3 is 0 Å². The molecular formula is C13H25N5. The van der Waals surface area contributed by atoms with E-state index >= 15 is 0 Å². The Morgan fingerprint density at radius 3 is 2.67 bits per heavy atom. The molecule has 102 valence electrons. The highest BCUT2D eigenvalue weighted by Crippen LogP contribution is 2.09. The van der Waals surface area contributed by atoms with E-state index in [2.05, 4.69) is 29.9 Å². The molecule has 1 aromatic heterocycles. The second-order valence-corrected chi connectivity index (χ2v) is 5.30. The van der Waals surface area contributed by atoms with Crippen molar-refractivity contribution in [3.05, 3.63) is 17.5 Å². The molecule has 5 heteroatoms. The Morgan fingerprint density at radius 1 is 1.56 bits per heavy atom. The van der Waals surface area contributed by atoms with Crippen LogP contribution in [0, 0.1) is 18.3 Å². The molecule has 1 aromatic rings. The molecule has 0 aliphatic rings. The van der Waals surface area contributed by atoms with Gasteiger partial charge in [0.25, 0.3) is 0 Å². The average Bonchev–Trinajstić information content (AvgIpc) is 2.53. The van der Waals surface area contributed by atoms with E-state index in [1.54, 1.807) is 0 Å². The van der Waals surface area contributed by atoms with Crippen molar-refractivity contribution in [3.63, 3.8) is 0 Å². The van der Waals surface area contributed by atoms with E-state index in [1.807, 2.05) is 18.7 Å². The Bertz CT molecular complexity index is 394. The molecule has 0 saturated carbocycles. The number of hydrogen-bond donors (Lipinski definition) is 2. The zero-order valence-electron chi connectivity index (χ0n) is 11.9. The lowest BCUT2D eigenvalue weighted by Crippen LogP contribution is -2.31. The third-order valence-electron chi connectivity index (χ3n) is 2.81. The molecule has 0 atom stereocenters. The van der Waals surface area contributed by atoms with Crippen LogP contribution in [0.25, 0.3) is 0 Å². The van der Waals surface area contributed by atoms with E-state index in [0.29, 0.717) is 12.3 Å². The van der Waals surface area contributed by atoms with Crippen molar-refractivity contribution < 1.29 is 0 Å². The van der Waals surface area contributed by atoms with Gasteiger partial charge in [-0.1, -0.05) is 13.8 Å². The van der Waals surface area contributed by atoms with Gasteiger partial charge < -0.3 is 5.73 Å². The molecule has 0 radical (unpaired) electrons. The minimum absolute atomic E-state index is 0.255. The summed E-state index contributed by atoms with van der Waals surface area (Å²) in [6.45, 7) is 9.12. The number of nitrogens with zero attached hydrogens (tertiary/aromatic N) is 3. The fourth-order valence-corrected chi connectivity index (χ4v) is 2.07. The Morgan fingerprint density at radius 2 is 2.22 bits per heavy atom. The predicted molar refractivity (Wildman–Crippen MR) is 74.6 cm³/mol. The van der Waals surface area contributed by atoms with Crippen molar-refractivity contribution in [1.29, 1.82) is 5.41 Å². The first-order valence-electron chi connectivity index (χ1n) is 6.43. The van der Waals surface area contributed by atoms with E-state index in [-0.39, 0.29) is 5.84 Å². The number of nitrogens with two attached hydrogens (primary N) is 1. The Kier molecular flexibility index (Phi) is 5.34. The maximum absolute atomic E-state index is 7.33. The maximum Gasteiger partial charge on any atom is 0.0918 e. The summed E-state index contributed by atoms with van der Waals surface area (Å²) in [7, 11) is 1.97. The summed E-state index contributed by atoms with van der Waals surface area (Å²) < 4.78 is 1.93. The van der Waals surface area contributed by atoms with Crippen molar-refractivity contribution in [1.82, 2.24) is 14.7 Å². The molecule has 0 spiro atoms. The fourth-order valence-electron chi connectivity index (χ4n) is 2.07. The predicted octanol–water partition coefficient (Wildman–Crippen LogP) is 1.51. The maximum atomic E-state index is 7.33. The molecule has 0 bridgehead atoms. The molecule has 0 saturated heterocycles. The normalized spacial score (nSPS) is 11.4. The zero-order chi connectivity index (χ0) is 13.7. The standard InChI is InChI=1S/C13H25N5/c1-10(2)8-18(6-5-13(14)15)9-12-7-11(3)16-17(12)4/h7,10H,5-6,8-9H2,1-4H3,(H3,14,15). The number of amidine groups is 1. The van der Waals surface area contributed by atoms with Gasteiger partial charge in [0, 0.05) is 33.1 Å². The number of aromatic nitrogens is 2. The van der Waals surface area contributed by atoms with Gasteiger partial charge in [0.1, 0.15) is 0 Å². The van der Waals surface area contributed by atoms with Crippen LogP contribution in [-0.2, 0) is 13.6 Å². The summed E-state index contributed by atoms with van der Waals surface area (Å²) in [5.74, 6) is 0.858. The van der Waals surface area contributed by atoms with Gasteiger partial charge in [-0.3, -0.25) is 15.0 Å². The van der Waals surface area contributed by atoms with Crippen LogP contribution in [0.5, 0.6) is 0 Å². The monoisotopic (exact) mass is 251 g/mol. The van der Waals surface area contributed by atoms with Crippen LogP contribution in [0.15, 0.2) is 6.07 Å². The molecule has 0 aliphatic heterocycles. The van der Waals surface area contributed by atoms with E-state index in [9.17, 15) is 0 Å². The number of aryl methyl sites for hydroxylation is 2. The summed E-state index contributed by atoms with van der Waals surface area (Å²) in [4.78, 5) is 2.34. The smallest absolute Gasteiger partial charge is 0.0918 e. The second-order valence-electron chi connectivity index (χ2n) is 5.30. The quantitative estimate of drug-likeness (QED) is 0.570.